The van der Waals surface area contributed by atoms with Crippen molar-refractivity contribution in [2.45, 2.75) is 12.8 Å². The van der Waals surface area contributed by atoms with E-state index in [-0.39, 0.29) is 11.8 Å². The van der Waals surface area contributed by atoms with Gasteiger partial charge in [-0.3, -0.25) is 4.79 Å². The first-order valence-corrected chi connectivity index (χ1v) is 6.43. The number of halogens is 1. The topological polar surface area (TPSA) is 50.4 Å². The Hall–Kier alpha value is -1.26. The van der Waals surface area contributed by atoms with Crippen LogP contribution in [-0.4, -0.2) is 26.1 Å². The van der Waals surface area contributed by atoms with Crippen molar-refractivity contribution in [1.29, 1.82) is 0 Å². The Morgan fingerprint density at radius 3 is 2.78 bits per heavy atom. The molecule has 1 aliphatic rings. The molecule has 0 atom stereocenters. The molecule has 0 aromatic heterocycles. The maximum atomic E-state index is 12.0. The SMILES string of the molecule is COc1ccc(NC(=O)C2CCNCC2)c(Cl)c1. The van der Waals surface area contributed by atoms with Gasteiger partial charge in [0, 0.05) is 12.0 Å². The quantitative estimate of drug-likeness (QED) is 0.884. The lowest BCUT2D eigenvalue weighted by Crippen LogP contribution is -2.34. The van der Waals surface area contributed by atoms with Gasteiger partial charge in [0.25, 0.3) is 0 Å². The summed E-state index contributed by atoms with van der Waals surface area (Å²) < 4.78 is 5.07. The molecule has 1 saturated heterocycles. The van der Waals surface area contributed by atoms with Gasteiger partial charge in [-0.25, -0.2) is 0 Å². The molecule has 0 aliphatic carbocycles. The number of hydrogen-bond donors (Lipinski definition) is 2. The predicted octanol–water partition coefficient (Wildman–Crippen LogP) is 2.29. The average molecular weight is 269 g/mol. The number of rotatable bonds is 3. The van der Waals surface area contributed by atoms with Crippen LogP contribution in [0.1, 0.15) is 12.8 Å². The van der Waals surface area contributed by atoms with Gasteiger partial charge in [-0.15, -0.1) is 0 Å². The normalized spacial score (nSPS) is 16.3. The van der Waals surface area contributed by atoms with Gasteiger partial charge in [-0.2, -0.15) is 0 Å². The number of benzene rings is 1. The molecule has 5 heteroatoms. The molecule has 4 nitrogen and oxygen atoms in total. The van der Waals surface area contributed by atoms with Crippen molar-refractivity contribution < 1.29 is 9.53 Å². The Morgan fingerprint density at radius 1 is 1.44 bits per heavy atom. The van der Waals surface area contributed by atoms with Crippen LogP contribution in [0.15, 0.2) is 18.2 Å². The molecule has 18 heavy (non-hydrogen) atoms. The number of carbonyl (C=O) groups excluding carboxylic acids is 1. The zero-order valence-electron chi connectivity index (χ0n) is 10.3. The molecule has 2 rings (SSSR count). The van der Waals surface area contributed by atoms with E-state index in [2.05, 4.69) is 10.6 Å². The molecule has 0 unspecified atom stereocenters. The molecule has 2 N–H and O–H groups in total. The van der Waals surface area contributed by atoms with Crippen molar-refractivity contribution in [1.82, 2.24) is 5.32 Å². The summed E-state index contributed by atoms with van der Waals surface area (Å²) in [6.07, 6.45) is 1.75. The second-order valence-electron chi connectivity index (χ2n) is 4.36. The number of methoxy groups -OCH3 is 1. The fraction of sp³-hybridized carbons (Fsp3) is 0.462. The van der Waals surface area contributed by atoms with Gasteiger partial charge >= 0.3 is 0 Å². The summed E-state index contributed by atoms with van der Waals surface area (Å²) in [7, 11) is 1.58. The van der Waals surface area contributed by atoms with E-state index in [4.69, 9.17) is 16.3 Å². The third kappa shape index (κ3) is 3.15. The van der Waals surface area contributed by atoms with Crippen LogP contribution in [0.25, 0.3) is 0 Å². The number of anilines is 1. The lowest BCUT2D eigenvalue weighted by molar-refractivity contribution is -0.120. The molecule has 0 radical (unpaired) electrons. The average Bonchev–Trinajstić information content (AvgIpc) is 2.42. The summed E-state index contributed by atoms with van der Waals surface area (Å²) in [4.78, 5) is 12.0. The highest BCUT2D eigenvalue weighted by Gasteiger charge is 2.21. The van der Waals surface area contributed by atoms with Crippen molar-refractivity contribution in [2.24, 2.45) is 5.92 Å². The smallest absolute Gasteiger partial charge is 0.227 e. The fourth-order valence-corrected chi connectivity index (χ4v) is 2.26. The standard InChI is InChI=1S/C13H17ClN2O2/c1-18-10-2-3-12(11(14)8-10)16-13(17)9-4-6-15-7-5-9/h2-3,8-9,15H,4-7H2,1H3,(H,16,17). The Bertz CT molecular complexity index is 431. The van der Waals surface area contributed by atoms with Crippen molar-refractivity contribution in [2.75, 3.05) is 25.5 Å². The summed E-state index contributed by atoms with van der Waals surface area (Å²) in [5.41, 5.74) is 0.640. The molecule has 0 saturated carbocycles. The number of carbonyl (C=O) groups is 1. The number of nitrogens with one attached hydrogen (secondary N) is 2. The molecular formula is C13H17ClN2O2. The van der Waals surface area contributed by atoms with Crippen LogP contribution in [-0.2, 0) is 4.79 Å². The van der Waals surface area contributed by atoms with Gasteiger partial charge < -0.3 is 15.4 Å². The Kier molecular flexibility index (Phi) is 4.44. The van der Waals surface area contributed by atoms with Crippen molar-refractivity contribution >= 4 is 23.2 Å². The molecule has 1 aromatic carbocycles. The number of ether oxygens (including phenoxy) is 1. The van der Waals surface area contributed by atoms with E-state index in [1.165, 1.54) is 0 Å². The highest BCUT2D eigenvalue weighted by molar-refractivity contribution is 6.33. The van der Waals surface area contributed by atoms with Crippen LogP contribution in [0.3, 0.4) is 0 Å². The van der Waals surface area contributed by atoms with Gasteiger partial charge in [0.05, 0.1) is 17.8 Å². The minimum atomic E-state index is 0.0450. The zero-order valence-corrected chi connectivity index (χ0v) is 11.1. The van der Waals surface area contributed by atoms with Gasteiger partial charge in [0.1, 0.15) is 5.75 Å². The van der Waals surface area contributed by atoms with Crippen LogP contribution in [0, 0.1) is 5.92 Å². The first-order chi connectivity index (χ1) is 8.70. The van der Waals surface area contributed by atoms with Crippen LogP contribution in [0.2, 0.25) is 5.02 Å². The second-order valence-corrected chi connectivity index (χ2v) is 4.77. The maximum Gasteiger partial charge on any atom is 0.227 e. The van der Waals surface area contributed by atoms with Crippen molar-refractivity contribution in [3.63, 3.8) is 0 Å². The Morgan fingerprint density at radius 2 is 2.17 bits per heavy atom. The summed E-state index contributed by atoms with van der Waals surface area (Å²) >= 11 is 6.08. The monoisotopic (exact) mass is 268 g/mol. The lowest BCUT2D eigenvalue weighted by atomic mass is 9.97. The van der Waals surface area contributed by atoms with E-state index >= 15 is 0 Å². The van der Waals surface area contributed by atoms with E-state index in [0.29, 0.717) is 16.5 Å². The molecule has 0 bridgehead atoms. The van der Waals surface area contributed by atoms with Gasteiger partial charge in [-0.1, -0.05) is 11.6 Å². The van der Waals surface area contributed by atoms with Crippen molar-refractivity contribution in [3.8, 4) is 5.75 Å². The Balaban J connectivity index is 2.02. The van der Waals surface area contributed by atoms with Gasteiger partial charge in [0.15, 0.2) is 0 Å². The van der Waals surface area contributed by atoms with E-state index < -0.39 is 0 Å². The summed E-state index contributed by atoms with van der Waals surface area (Å²) in [6.45, 7) is 1.79. The van der Waals surface area contributed by atoms with E-state index in [0.717, 1.165) is 25.9 Å². The summed E-state index contributed by atoms with van der Waals surface area (Å²) in [6, 6.07) is 5.24. The van der Waals surface area contributed by atoms with Gasteiger partial charge in [0.2, 0.25) is 5.91 Å². The molecule has 1 amide bonds. The van der Waals surface area contributed by atoms with Crippen LogP contribution >= 0.6 is 11.6 Å². The number of hydrogen-bond acceptors (Lipinski definition) is 3. The van der Waals surface area contributed by atoms with Crippen molar-refractivity contribution in [3.05, 3.63) is 23.2 Å². The molecular weight excluding hydrogens is 252 g/mol. The largest absolute Gasteiger partial charge is 0.497 e. The van der Waals surface area contributed by atoms with Crippen LogP contribution < -0.4 is 15.4 Å². The van der Waals surface area contributed by atoms with Gasteiger partial charge in [-0.05, 0) is 38.1 Å². The third-order valence-electron chi connectivity index (χ3n) is 3.14. The number of piperidine rings is 1. The lowest BCUT2D eigenvalue weighted by Gasteiger charge is -2.22. The first kappa shape index (κ1) is 13.2. The third-order valence-corrected chi connectivity index (χ3v) is 3.46. The minimum Gasteiger partial charge on any atom is -0.497 e. The van der Waals surface area contributed by atoms with E-state index in [1.807, 2.05) is 0 Å². The predicted molar refractivity (Wildman–Crippen MR) is 72.2 cm³/mol. The number of amides is 1. The maximum absolute atomic E-state index is 12.0. The Labute approximate surface area is 112 Å². The highest BCUT2D eigenvalue weighted by Crippen LogP contribution is 2.27. The highest BCUT2D eigenvalue weighted by atomic mass is 35.5. The summed E-state index contributed by atoms with van der Waals surface area (Å²) in [5.74, 6) is 0.799. The molecule has 98 valence electrons. The summed E-state index contributed by atoms with van der Waals surface area (Å²) in [5, 5.41) is 6.61. The molecule has 1 aromatic rings. The van der Waals surface area contributed by atoms with Crippen LogP contribution in [0.4, 0.5) is 5.69 Å². The second kappa shape index (κ2) is 6.07. The fourth-order valence-electron chi connectivity index (χ4n) is 2.04. The minimum absolute atomic E-state index is 0.0450. The molecule has 1 fully saturated rings. The first-order valence-electron chi connectivity index (χ1n) is 6.06. The molecule has 1 heterocycles. The molecule has 1 aliphatic heterocycles. The molecule has 0 spiro atoms. The van der Waals surface area contributed by atoms with E-state index in [1.54, 1.807) is 25.3 Å². The van der Waals surface area contributed by atoms with E-state index in [9.17, 15) is 4.79 Å². The van der Waals surface area contributed by atoms with Crippen LogP contribution in [0.5, 0.6) is 5.75 Å². The zero-order chi connectivity index (χ0) is 13.0.